The van der Waals surface area contributed by atoms with Gasteiger partial charge in [-0.25, -0.2) is 0 Å². The second-order valence-electron chi connectivity index (χ2n) is 3.37. The van der Waals surface area contributed by atoms with E-state index in [1.165, 1.54) is 24.3 Å². The Morgan fingerprint density at radius 2 is 1.00 bits per heavy atom. The number of aromatic hydroxyl groups is 3. The van der Waals surface area contributed by atoms with Gasteiger partial charge in [-0.1, -0.05) is 18.2 Å². The third-order valence-corrected chi connectivity index (χ3v) is 1.61. The van der Waals surface area contributed by atoms with E-state index < -0.39 is 5.97 Å². The summed E-state index contributed by atoms with van der Waals surface area (Å²) in [5.41, 5.74) is 0. The van der Waals surface area contributed by atoms with Gasteiger partial charge in [0.15, 0.2) is 0 Å². The highest BCUT2D eigenvalue weighted by molar-refractivity contribution is 5.62. The number of rotatable bonds is 0. The van der Waals surface area contributed by atoms with Gasteiger partial charge in [0, 0.05) is 6.92 Å². The molecule has 5 nitrogen and oxygen atoms in total. The molecule has 2 rings (SSSR count). The summed E-state index contributed by atoms with van der Waals surface area (Å²) in [4.78, 5) is 9.00. The summed E-state index contributed by atoms with van der Waals surface area (Å²) in [7, 11) is 0. The third kappa shape index (κ3) is 11.6. The number of aliphatic carboxylic acids is 1. The largest absolute Gasteiger partial charge is 0.508 e. The first-order valence-corrected chi connectivity index (χ1v) is 5.33. The molecule has 102 valence electrons. The Kier molecular flexibility index (Phi) is 8.03. The summed E-state index contributed by atoms with van der Waals surface area (Å²) in [6.07, 6.45) is 0. The number of hydrogen-bond donors (Lipinski definition) is 4. The summed E-state index contributed by atoms with van der Waals surface area (Å²) < 4.78 is 0. The predicted molar refractivity (Wildman–Crippen MR) is 71.2 cm³/mol. The number of carboxylic acid groups (broad SMARTS) is 1. The maximum absolute atomic E-state index is 9.00. The van der Waals surface area contributed by atoms with E-state index in [4.69, 9.17) is 25.2 Å². The predicted octanol–water partition coefficient (Wildman–Crippen LogP) is 2.58. The lowest BCUT2D eigenvalue weighted by Gasteiger charge is -1.88. The van der Waals surface area contributed by atoms with Crippen LogP contribution in [0.1, 0.15) is 6.92 Å². The van der Waals surface area contributed by atoms with E-state index in [1.54, 1.807) is 24.3 Å². The second-order valence-corrected chi connectivity index (χ2v) is 3.37. The van der Waals surface area contributed by atoms with Crippen LogP contribution in [-0.2, 0) is 4.79 Å². The summed E-state index contributed by atoms with van der Waals surface area (Å²) >= 11 is 0. The average Bonchev–Trinajstić information content (AvgIpc) is 2.34. The minimum absolute atomic E-state index is 0.169. The minimum Gasteiger partial charge on any atom is -0.508 e. The van der Waals surface area contributed by atoms with Crippen molar-refractivity contribution in [2.75, 3.05) is 0 Å². The van der Waals surface area contributed by atoms with Crippen molar-refractivity contribution in [3.63, 3.8) is 0 Å². The first kappa shape index (κ1) is 16.3. The molecule has 2 aromatic rings. The van der Waals surface area contributed by atoms with Gasteiger partial charge in [-0.2, -0.15) is 0 Å². The summed E-state index contributed by atoms with van der Waals surface area (Å²) in [5, 5.41) is 33.3. The quantitative estimate of drug-likeness (QED) is 0.548. The van der Waals surface area contributed by atoms with Crippen LogP contribution in [0.2, 0.25) is 0 Å². The molecule has 0 aromatic heterocycles. The lowest BCUT2D eigenvalue weighted by atomic mass is 10.3. The number of hydrogen-bond acceptors (Lipinski definition) is 4. The van der Waals surface area contributed by atoms with E-state index in [2.05, 4.69) is 0 Å². The summed E-state index contributed by atoms with van der Waals surface area (Å²) in [5.74, 6) is -0.173. The smallest absolute Gasteiger partial charge is 0.300 e. The van der Waals surface area contributed by atoms with Gasteiger partial charge in [0.2, 0.25) is 0 Å². The average molecular weight is 264 g/mol. The molecule has 0 aliphatic heterocycles. The fourth-order valence-electron chi connectivity index (χ4n) is 0.881. The van der Waals surface area contributed by atoms with Crippen molar-refractivity contribution in [2.45, 2.75) is 6.92 Å². The summed E-state index contributed by atoms with van der Waals surface area (Å²) in [6, 6.07) is 14.4. The fourth-order valence-corrected chi connectivity index (χ4v) is 0.881. The van der Waals surface area contributed by atoms with Crippen LogP contribution in [0.5, 0.6) is 17.2 Å². The molecular weight excluding hydrogens is 248 g/mol. The molecule has 5 heteroatoms. The molecule has 0 atom stereocenters. The van der Waals surface area contributed by atoms with Gasteiger partial charge in [0.1, 0.15) is 17.2 Å². The van der Waals surface area contributed by atoms with Crippen molar-refractivity contribution in [2.24, 2.45) is 0 Å². The molecule has 0 aliphatic rings. The molecule has 0 radical (unpaired) electrons. The highest BCUT2D eigenvalue weighted by Crippen LogP contribution is 2.13. The van der Waals surface area contributed by atoms with Crippen LogP contribution < -0.4 is 0 Å². The number of carbonyl (C=O) groups is 1. The Morgan fingerprint density at radius 3 is 1.21 bits per heavy atom. The maximum atomic E-state index is 9.00. The number of phenolic OH excluding ortho intramolecular Hbond substituents is 3. The van der Waals surface area contributed by atoms with E-state index >= 15 is 0 Å². The molecule has 0 spiro atoms. The number of para-hydroxylation sites is 1. The van der Waals surface area contributed by atoms with Crippen LogP contribution in [0.4, 0.5) is 0 Å². The van der Waals surface area contributed by atoms with Crippen LogP contribution in [-0.4, -0.2) is 26.4 Å². The van der Waals surface area contributed by atoms with Crippen molar-refractivity contribution in [3.8, 4) is 17.2 Å². The Morgan fingerprint density at radius 1 is 0.737 bits per heavy atom. The van der Waals surface area contributed by atoms with Crippen LogP contribution in [0.3, 0.4) is 0 Å². The van der Waals surface area contributed by atoms with E-state index in [0.29, 0.717) is 5.75 Å². The molecule has 0 unspecified atom stereocenters. The Hall–Kier alpha value is -2.69. The number of benzene rings is 2. The molecule has 0 saturated carbocycles. The number of carboxylic acids is 1. The van der Waals surface area contributed by atoms with Gasteiger partial charge < -0.3 is 20.4 Å². The van der Waals surface area contributed by atoms with Gasteiger partial charge >= 0.3 is 0 Å². The minimum atomic E-state index is -0.833. The zero-order valence-electron chi connectivity index (χ0n) is 10.4. The Bertz CT molecular complexity index is 440. The molecule has 19 heavy (non-hydrogen) atoms. The number of phenols is 3. The first-order valence-electron chi connectivity index (χ1n) is 5.33. The van der Waals surface area contributed by atoms with Crippen molar-refractivity contribution >= 4 is 5.97 Å². The molecule has 0 aliphatic carbocycles. The standard InChI is InChI=1S/C6H6O2.C6H6O.C2H4O2/c7-5-1-2-6(8)4-3-5;7-6-4-2-1-3-5-6;1-2(3)4/h1-4,7-8H;1-5,7H;1H3,(H,3,4). The van der Waals surface area contributed by atoms with Gasteiger partial charge in [-0.05, 0) is 36.4 Å². The summed E-state index contributed by atoms with van der Waals surface area (Å²) in [6.45, 7) is 1.08. The van der Waals surface area contributed by atoms with Crippen molar-refractivity contribution in [1.29, 1.82) is 0 Å². The lowest BCUT2D eigenvalue weighted by Crippen LogP contribution is -1.78. The van der Waals surface area contributed by atoms with E-state index in [1.807, 2.05) is 6.07 Å². The van der Waals surface area contributed by atoms with Crippen molar-refractivity contribution in [3.05, 3.63) is 54.6 Å². The molecule has 4 N–H and O–H groups in total. The van der Waals surface area contributed by atoms with Crippen molar-refractivity contribution < 1.29 is 25.2 Å². The van der Waals surface area contributed by atoms with E-state index in [9.17, 15) is 0 Å². The Labute approximate surface area is 111 Å². The molecule has 2 aromatic carbocycles. The van der Waals surface area contributed by atoms with Gasteiger partial charge in [-0.15, -0.1) is 0 Å². The van der Waals surface area contributed by atoms with E-state index in [0.717, 1.165) is 6.92 Å². The molecule has 0 fully saturated rings. The lowest BCUT2D eigenvalue weighted by molar-refractivity contribution is -0.134. The SMILES string of the molecule is CC(=O)O.Oc1ccc(O)cc1.Oc1ccccc1. The monoisotopic (exact) mass is 264 g/mol. The van der Waals surface area contributed by atoms with Gasteiger partial charge in [0.05, 0.1) is 0 Å². The van der Waals surface area contributed by atoms with E-state index in [-0.39, 0.29) is 11.5 Å². The van der Waals surface area contributed by atoms with Crippen molar-refractivity contribution in [1.82, 2.24) is 0 Å². The molecule has 0 saturated heterocycles. The highest BCUT2D eigenvalue weighted by atomic mass is 16.4. The zero-order valence-corrected chi connectivity index (χ0v) is 10.4. The fraction of sp³-hybridized carbons (Fsp3) is 0.0714. The van der Waals surface area contributed by atoms with Crippen LogP contribution in [0.25, 0.3) is 0 Å². The highest BCUT2D eigenvalue weighted by Gasteiger charge is 1.84. The molecule has 0 heterocycles. The normalized spacial score (nSPS) is 8.26. The topological polar surface area (TPSA) is 98.0 Å². The van der Waals surface area contributed by atoms with Gasteiger partial charge in [0.25, 0.3) is 5.97 Å². The van der Waals surface area contributed by atoms with Crippen LogP contribution in [0.15, 0.2) is 54.6 Å². The first-order chi connectivity index (χ1) is 8.91. The second kappa shape index (κ2) is 9.35. The molecule has 0 bridgehead atoms. The maximum Gasteiger partial charge on any atom is 0.300 e. The zero-order chi connectivity index (χ0) is 14.7. The van der Waals surface area contributed by atoms with Gasteiger partial charge in [-0.3, -0.25) is 4.79 Å². The molecular formula is C14H16O5. The Balaban J connectivity index is 0.000000272. The van der Waals surface area contributed by atoms with Crippen LogP contribution >= 0.6 is 0 Å². The van der Waals surface area contributed by atoms with Crippen LogP contribution in [0, 0.1) is 0 Å². The third-order valence-electron chi connectivity index (χ3n) is 1.61. The molecule has 0 amide bonds.